The normalized spacial score (nSPS) is 17.3. The van der Waals surface area contributed by atoms with Gasteiger partial charge in [-0.3, -0.25) is 9.69 Å². The smallest absolute Gasteiger partial charge is 0.350 e. The van der Waals surface area contributed by atoms with E-state index in [1.807, 2.05) is 41.3 Å². The number of hydrogen-bond donors (Lipinski definition) is 2. The van der Waals surface area contributed by atoms with Crippen molar-refractivity contribution < 1.29 is 19.4 Å². The van der Waals surface area contributed by atoms with Gasteiger partial charge in [0.05, 0.1) is 18.8 Å². The molecule has 0 saturated carbocycles. The third kappa shape index (κ3) is 5.19. The molecule has 1 fully saturated rings. The quantitative estimate of drug-likeness (QED) is 0.695. The van der Waals surface area contributed by atoms with Crippen molar-refractivity contribution in [1.29, 1.82) is 0 Å². The second kappa shape index (κ2) is 9.82. The van der Waals surface area contributed by atoms with Crippen molar-refractivity contribution in [3.05, 3.63) is 41.3 Å². The number of carbonyl (C=O) groups is 2. The second-order valence-corrected chi connectivity index (χ2v) is 7.97. The van der Waals surface area contributed by atoms with Gasteiger partial charge in [0.15, 0.2) is 0 Å². The summed E-state index contributed by atoms with van der Waals surface area (Å²) in [4.78, 5) is 28.3. The minimum Gasteiger partial charge on any atom is -0.462 e. The molecule has 1 saturated heterocycles. The molecule has 0 radical (unpaired) electrons. The highest BCUT2D eigenvalue weighted by atomic mass is 32.1. The van der Waals surface area contributed by atoms with Crippen LogP contribution in [0, 0.1) is 5.92 Å². The largest absolute Gasteiger partial charge is 0.462 e. The lowest BCUT2D eigenvalue weighted by Crippen LogP contribution is -2.41. The van der Waals surface area contributed by atoms with Gasteiger partial charge in [-0.1, -0.05) is 30.3 Å². The highest BCUT2D eigenvalue weighted by Crippen LogP contribution is 2.35. The number of hydrogen-bond acceptors (Lipinski definition) is 6. The number of likely N-dealkylation sites (tertiary alicyclic amines) is 1. The molecule has 0 spiro atoms. The molecule has 3 rings (SSSR count). The van der Waals surface area contributed by atoms with E-state index in [0.29, 0.717) is 17.1 Å². The van der Waals surface area contributed by atoms with Crippen LogP contribution in [0.15, 0.2) is 36.4 Å². The van der Waals surface area contributed by atoms with Crippen molar-refractivity contribution in [1.82, 2.24) is 4.90 Å². The SMILES string of the molecule is CCOC(=O)c1sc(-c2ccccc2)cc1NC(=O)CN1CCCC(CO)C1. The highest BCUT2D eigenvalue weighted by Gasteiger charge is 2.23. The Hall–Kier alpha value is -2.22. The van der Waals surface area contributed by atoms with Gasteiger partial charge in [-0.2, -0.15) is 0 Å². The van der Waals surface area contributed by atoms with Crippen molar-refractivity contribution in [3.8, 4) is 10.4 Å². The third-order valence-electron chi connectivity index (χ3n) is 4.75. The molecule has 2 heterocycles. The Morgan fingerprint density at radius 2 is 2.11 bits per heavy atom. The maximum absolute atomic E-state index is 12.6. The summed E-state index contributed by atoms with van der Waals surface area (Å²) in [7, 11) is 0. The molecule has 1 atom stereocenters. The first-order chi connectivity index (χ1) is 13.6. The Kier molecular flexibility index (Phi) is 7.19. The fraction of sp³-hybridized carbons (Fsp3) is 0.429. The van der Waals surface area contributed by atoms with Crippen LogP contribution in [-0.2, 0) is 9.53 Å². The van der Waals surface area contributed by atoms with Crippen molar-refractivity contribution >= 4 is 28.9 Å². The minimum atomic E-state index is -0.428. The van der Waals surface area contributed by atoms with Crippen LogP contribution < -0.4 is 5.32 Å². The number of amides is 1. The average Bonchev–Trinajstić information content (AvgIpc) is 3.12. The molecule has 0 aliphatic carbocycles. The molecule has 7 heteroatoms. The van der Waals surface area contributed by atoms with Crippen LogP contribution in [0.1, 0.15) is 29.4 Å². The van der Waals surface area contributed by atoms with E-state index in [4.69, 9.17) is 4.74 Å². The summed E-state index contributed by atoms with van der Waals surface area (Å²) in [5.41, 5.74) is 1.48. The summed E-state index contributed by atoms with van der Waals surface area (Å²) in [5, 5.41) is 12.2. The molecule has 1 aliphatic rings. The van der Waals surface area contributed by atoms with E-state index in [2.05, 4.69) is 5.32 Å². The summed E-state index contributed by atoms with van der Waals surface area (Å²) < 4.78 is 5.16. The Labute approximate surface area is 169 Å². The van der Waals surface area contributed by atoms with E-state index in [1.165, 1.54) is 11.3 Å². The molecule has 1 aliphatic heterocycles. The van der Waals surface area contributed by atoms with Gasteiger partial charge in [0, 0.05) is 18.0 Å². The maximum Gasteiger partial charge on any atom is 0.350 e. The van der Waals surface area contributed by atoms with Gasteiger partial charge in [0.2, 0.25) is 5.91 Å². The maximum atomic E-state index is 12.6. The van der Waals surface area contributed by atoms with Gasteiger partial charge >= 0.3 is 5.97 Å². The van der Waals surface area contributed by atoms with Crippen molar-refractivity contribution in [2.24, 2.45) is 5.92 Å². The minimum absolute atomic E-state index is 0.149. The Bertz CT molecular complexity index is 806. The molecule has 2 aromatic rings. The zero-order valence-electron chi connectivity index (χ0n) is 16.0. The Morgan fingerprint density at radius 1 is 1.32 bits per heavy atom. The Morgan fingerprint density at radius 3 is 2.82 bits per heavy atom. The first-order valence-corrected chi connectivity index (χ1v) is 10.4. The third-order valence-corrected chi connectivity index (χ3v) is 5.92. The van der Waals surface area contributed by atoms with Crippen LogP contribution >= 0.6 is 11.3 Å². The predicted molar refractivity (Wildman–Crippen MR) is 111 cm³/mol. The number of benzene rings is 1. The standard InChI is InChI=1S/C21H26N2O4S/c1-2-27-21(26)20-17(11-18(28-20)16-8-4-3-5-9-16)22-19(25)13-23-10-6-7-15(12-23)14-24/h3-5,8-9,11,15,24H,2,6-7,10,12-14H2,1H3,(H,22,25). The molecule has 1 aromatic carbocycles. The van der Waals surface area contributed by atoms with E-state index in [-0.39, 0.29) is 31.6 Å². The summed E-state index contributed by atoms with van der Waals surface area (Å²) in [6.07, 6.45) is 1.97. The van der Waals surface area contributed by atoms with Crippen LogP contribution in [0.5, 0.6) is 0 Å². The van der Waals surface area contributed by atoms with E-state index < -0.39 is 5.97 Å². The van der Waals surface area contributed by atoms with Crippen LogP contribution in [0.25, 0.3) is 10.4 Å². The number of thiophene rings is 1. The van der Waals surface area contributed by atoms with Gasteiger partial charge in [0.1, 0.15) is 4.88 Å². The summed E-state index contributed by atoms with van der Waals surface area (Å²) in [6.45, 7) is 3.99. The molecule has 1 amide bonds. The van der Waals surface area contributed by atoms with E-state index in [9.17, 15) is 14.7 Å². The molecule has 0 bridgehead atoms. The number of aliphatic hydroxyl groups excluding tert-OH is 1. The molecule has 1 aromatic heterocycles. The molecule has 1 unspecified atom stereocenters. The fourth-order valence-electron chi connectivity index (χ4n) is 3.41. The number of nitrogens with zero attached hydrogens (tertiary/aromatic N) is 1. The van der Waals surface area contributed by atoms with Crippen molar-refractivity contribution in [2.45, 2.75) is 19.8 Å². The fourth-order valence-corrected chi connectivity index (χ4v) is 4.43. The highest BCUT2D eigenvalue weighted by molar-refractivity contribution is 7.18. The molecule has 28 heavy (non-hydrogen) atoms. The lowest BCUT2D eigenvalue weighted by Gasteiger charge is -2.31. The second-order valence-electron chi connectivity index (χ2n) is 6.91. The number of carbonyl (C=O) groups excluding carboxylic acids is 2. The number of ether oxygens (including phenoxy) is 1. The summed E-state index contributed by atoms with van der Waals surface area (Å²) in [6, 6.07) is 11.6. The molecule has 6 nitrogen and oxygen atoms in total. The first kappa shape index (κ1) is 20.5. The Balaban J connectivity index is 1.74. The van der Waals surface area contributed by atoms with Gasteiger partial charge in [-0.25, -0.2) is 4.79 Å². The van der Waals surface area contributed by atoms with Gasteiger partial charge < -0.3 is 15.2 Å². The van der Waals surface area contributed by atoms with E-state index >= 15 is 0 Å². The predicted octanol–water partition coefficient (Wildman–Crippen LogP) is 3.23. The van der Waals surface area contributed by atoms with E-state index in [1.54, 1.807) is 6.92 Å². The van der Waals surface area contributed by atoms with Crippen LogP contribution in [0.3, 0.4) is 0 Å². The molecule has 2 N–H and O–H groups in total. The van der Waals surface area contributed by atoms with Crippen LogP contribution in [-0.4, -0.2) is 54.7 Å². The monoisotopic (exact) mass is 402 g/mol. The van der Waals surface area contributed by atoms with Gasteiger partial charge in [-0.15, -0.1) is 11.3 Å². The lowest BCUT2D eigenvalue weighted by atomic mass is 9.99. The number of nitrogens with one attached hydrogen (secondary N) is 1. The number of anilines is 1. The number of piperidine rings is 1. The summed E-state index contributed by atoms with van der Waals surface area (Å²) in [5.74, 6) is -0.368. The zero-order chi connectivity index (χ0) is 19.9. The number of aliphatic hydroxyl groups is 1. The topological polar surface area (TPSA) is 78.9 Å². The summed E-state index contributed by atoms with van der Waals surface area (Å²) >= 11 is 1.32. The lowest BCUT2D eigenvalue weighted by molar-refractivity contribution is -0.117. The number of esters is 1. The van der Waals surface area contributed by atoms with Crippen LogP contribution in [0.4, 0.5) is 5.69 Å². The van der Waals surface area contributed by atoms with Gasteiger partial charge in [-0.05, 0) is 43.9 Å². The van der Waals surface area contributed by atoms with Crippen molar-refractivity contribution in [2.75, 3.05) is 38.2 Å². The zero-order valence-corrected chi connectivity index (χ0v) is 16.8. The average molecular weight is 403 g/mol. The molecular weight excluding hydrogens is 376 g/mol. The van der Waals surface area contributed by atoms with E-state index in [0.717, 1.165) is 29.8 Å². The van der Waals surface area contributed by atoms with Crippen LogP contribution in [0.2, 0.25) is 0 Å². The first-order valence-electron chi connectivity index (χ1n) is 9.60. The van der Waals surface area contributed by atoms with Crippen molar-refractivity contribution in [3.63, 3.8) is 0 Å². The van der Waals surface area contributed by atoms with Gasteiger partial charge in [0.25, 0.3) is 0 Å². The number of rotatable bonds is 7. The molecule has 150 valence electrons. The molecular formula is C21H26N2O4S.